The highest BCUT2D eigenvalue weighted by molar-refractivity contribution is 5.18. The number of rotatable bonds is 7. The van der Waals surface area contributed by atoms with Crippen LogP contribution in [-0.2, 0) is 13.0 Å². The Balaban J connectivity index is 1.82. The van der Waals surface area contributed by atoms with E-state index in [1.165, 1.54) is 11.1 Å². The number of hydrogen-bond acceptors (Lipinski definition) is 3. The maximum atomic E-state index is 5.07. The van der Waals surface area contributed by atoms with Crippen LogP contribution in [0.1, 0.15) is 31.4 Å². The van der Waals surface area contributed by atoms with E-state index in [9.17, 15) is 0 Å². The molecule has 1 heterocycles. The van der Waals surface area contributed by atoms with Gasteiger partial charge in [0.2, 0.25) is 5.88 Å². The summed E-state index contributed by atoms with van der Waals surface area (Å²) in [5.74, 6) is 0.655. The summed E-state index contributed by atoms with van der Waals surface area (Å²) in [4.78, 5) is 4.23. The normalized spacial score (nSPS) is 11.4. The molecule has 0 aliphatic rings. The molecule has 0 radical (unpaired) electrons. The van der Waals surface area contributed by atoms with Gasteiger partial charge in [-0.2, -0.15) is 0 Å². The Kier molecular flexibility index (Phi) is 5.34. The zero-order valence-corrected chi connectivity index (χ0v) is 13.1. The number of aryl methyl sites for hydroxylation is 1. The lowest BCUT2D eigenvalue weighted by atomic mass is 9.95. The Morgan fingerprint density at radius 1 is 1.05 bits per heavy atom. The first-order valence-corrected chi connectivity index (χ1v) is 7.37. The molecule has 0 fully saturated rings. The van der Waals surface area contributed by atoms with Gasteiger partial charge < -0.3 is 10.1 Å². The summed E-state index contributed by atoms with van der Waals surface area (Å²) in [7, 11) is 1.63. The standard InChI is InChI=1S/C18H24N2O/c1-18(2,12-11-15-7-5-4-6-8-15)20-14-16-9-10-17(21-3)19-13-16/h4-10,13,20H,11-12,14H2,1-3H3. The fourth-order valence-electron chi connectivity index (χ4n) is 2.17. The van der Waals surface area contributed by atoms with Gasteiger partial charge in [0.05, 0.1) is 7.11 Å². The molecule has 1 aromatic carbocycles. The fraction of sp³-hybridized carbons (Fsp3) is 0.389. The smallest absolute Gasteiger partial charge is 0.212 e. The van der Waals surface area contributed by atoms with Crippen LogP contribution in [0.4, 0.5) is 0 Å². The van der Waals surface area contributed by atoms with E-state index in [0.717, 1.165) is 19.4 Å². The summed E-state index contributed by atoms with van der Waals surface area (Å²) in [5, 5.41) is 3.60. The number of hydrogen-bond donors (Lipinski definition) is 1. The minimum Gasteiger partial charge on any atom is -0.481 e. The van der Waals surface area contributed by atoms with Crippen molar-refractivity contribution in [3.8, 4) is 5.88 Å². The molecular weight excluding hydrogens is 260 g/mol. The Hall–Kier alpha value is -1.87. The average Bonchev–Trinajstić information content (AvgIpc) is 2.53. The fourth-order valence-corrected chi connectivity index (χ4v) is 2.17. The largest absolute Gasteiger partial charge is 0.481 e. The van der Waals surface area contributed by atoms with E-state index in [0.29, 0.717) is 5.88 Å². The van der Waals surface area contributed by atoms with Gasteiger partial charge in [0.15, 0.2) is 0 Å². The van der Waals surface area contributed by atoms with E-state index in [4.69, 9.17) is 4.74 Å². The van der Waals surface area contributed by atoms with Gasteiger partial charge in [0.25, 0.3) is 0 Å². The molecule has 1 N–H and O–H groups in total. The van der Waals surface area contributed by atoms with E-state index in [2.05, 4.69) is 54.5 Å². The van der Waals surface area contributed by atoms with Gasteiger partial charge in [-0.15, -0.1) is 0 Å². The van der Waals surface area contributed by atoms with Crippen molar-refractivity contribution in [3.05, 3.63) is 59.8 Å². The van der Waals surface area contributed by atoms with Crippen LogP contribution in [0.3, 0.4) is 0 Å². The highest BCUT2D eigenvalue weighted by Crippen LogP contribution is 2.15. The minimum atomic E-state index is 0.0930. The van der Waals surface area contributed by atoms with E-state index in [1.54, 1.807) is 7.11 Å². The lowest BCUT2D eigenvalue weighted by Crippen LogP contribution is -2.39. The summed E-state index contributed by atoms with van der Waals surface area (Å²) in [5.41, 5.74) is 2.65. The van der Waals surface area contributed by atoms with Crippen LogP contribution in [0, 0.1) is 0 Å². The van der Waals surface area contributed by atoms with Crippen molar-refractivity contribution < 1.29 is 4.74 Å². The molecule has 3 heteroatoms. The second kappa shape index (κ2) is 7.23. The molecule has 112 valence electrons. The van der Waals surface area contributed by atoms with Crippen LogP contribution in [0.15, 0.2) is 48.7 Å². The van der Waals surface area contributed by atoms with E-state index in [-0.39, 0.29) is 5.54 Å². The molecule has 0 aliphatic carbocycles. The van der Waals surface area contributed by atoms with E-state index in [1.807, 2.05) is 18.3 Å². The quantitative estimate of drug-likeness (QED) is 0.843. The third-order valence-corrected chi connectivity index (χ3v) is 3.66. The van der Waals surface area contributed by atoms with Crippen molar-refractivity contribution in [2.45, 2.75) is 38.8 Å². The molecule has 0 bridgehead atoms. The van der Waals surface area contributed by atoms with Gasteiger partial charge in [0, 0.05) is 24.3 Å². The molecule has 0 unspecified atom stereocenters. The molecule has 3 nitrogen and oxygen atoms in total. The second-order valence-electron chi connectivity index (χ2n) is 5.93. The predicted molar refractivity (Wildman–Crippen MR) is 86.5 cm³/mol. The topological polar surface area (TPSA) is 34.1 Å². The molecular formula is C18H24N2O. The number of benzene rings is 1. The monoisotopic (exact) mass is 284 g/mol. The summed E-state index contributed by atoms with van der Waals surface area (Å²) in [6.07, 6.45) is 4.04. The Morgan fingerprint density at radius 3 is 2.43 bits per heavy atom. The van der Waals surface area contributed by atoms with Gasteiger partial charge in [0.1, 0.15) is 0 Å². The number of nitrogens with zero attached hydrogens (tertiary/aromatic N) is 1. The van der Waals surface area contributed by atoms with Crippen molar-refractivity contribution in [2.75, 3.05) is 7.11 Å². The van der Waals surface area contributed by atoms with Crippen LogP contribution >= 0.6 is 0 Å². The zero-order valence-electron chi connectivity index (χ0n) is 13.1. The molecule has 0 atom stereocenters. The summed E-state index contributed by atoms with van der Waals surface area (Å²) in [6.45, 7) is 5.30. The Morgan fingerprint density at radius 2 is 1.81 bits per heavy atom. The van der Waals surface area contributed by atoms with Crippen molar-refractivity contribution >= 4 is 0 Å². The molecule has 0 spiro atoms. The molecule has 0 aliphatic heterocycles. The van der Waals surface area contributed by atoms with Crippen LogP contribution in [-0.4, -0.2) is 17.6 Å². The average molecular weight is 284 g/mol. The van der Waals surface area contributed by atoms with Crippen LogP contribution in [0.2, 0.25) is 0 Å². The maximum absolute atomic E-state index is 5.07. The number of pyridine rings is 1. The van der Waals surface area contributed by atoms with Crippen LogP contribution < -0.4 is 10.1 Å². The summed E-state index contributed by atoms with van der Waals surface area (Å²) >= 11 is 0. The van der Waals surface area contributed by atoms with Crippen molar-refractivity contribution in [3.63, 3.8) is 0 Å². The minimum absolute atomic E-state index is 0.0930. The number of aromatic nitrogens is 1. The maximum Gasteiger partial charge on any atom is 0.212 e. The van der Waals surface area contributed by atoms with Gasteiger partial charge in [-0.25, -0.2) is 4.98 Å². The van der Waals surface area contributed by atoms with Crippen LogP contribution in [0.25, 0.3) is 0 Å². The van der Waals surface area contributed by atoms with Gasteiger partial charge in [-0.3, -0.25) is 0 Å². The lowest BCUT2D eigenvalue weighted by Gasteiger charge is -2.26. The van der Waals surface area contributed by atoms with Gasteiger partial charge in [-0.1, -0.05) is 36.4 Å². The van der Waals surface area contributed by atoms with E-state index >= 15 is 0 Å². The number of ether oxygens (including phenoxy) is 1. The van der Waals surface area contributed by atoms with Crippen LogP contribution in [0.5, 0.6) is 5.88 Å². The predicted octanol–water partition coefficient (Wildman–Crippen LogP) is 3.59. The number of methoxy groups -OCH3 is 1. The molecule has 2 rings (SSSR count). The molecule has 0 saturated heterocycles. The first-order chi connectivity index (χ1) is 10.1. The summed E-state index contributed by atoms with van der Waals surface area (Å²) in [6, 6.07) is 14.6. The third-order valence-electron chi connectivity index (χ3n) is 3.66. The van der Waals surface area contributed by atoms with Gasteiger partial charge in [-0.05, 0) is 37.8 Å². The molecule has 0 amide bonds. The van der Waals surface area contributed by atoms with Crippen molar-refractivity contribution in [1.82, 2.24) is 10.3 Å². The van der Waals surface area contributed by atoms with Gasteiger partial charge >= 0.3 is 0 Å². The zero-order chi connectivity index (χ0) is 15.1. The third kappa shape index (κ3) is 5.20. The highest BCUT2D eigenvalue weighted by Gasteiger charge is 2.16. The SMILES string of the molecule is COc1ccc(CNC(C)(C)CCc2ccccc2)cn1. The van der Waals surface area contributed by atoms with Crippen molar-refractivity contribution in [2.24, 2.45) is 0 Å². The second-order valence-corrected chi connectivity index (χ2v) is 5.93. The highest BCUT2D eigenvalue weighted by atomic mass is 16.5. The molecule has 2 aromatic rings. The Labute approximate surface area is 127 Å². The Bertz CT molecular complexity index is 535. The first-order valence-electron chi connectivity index (χ1n) is 7.37. The summed E-state index contributed by atoms with van der Waals surface area (Å²) < 4.78 is 5.07. The first kappa shape index (κ1) is 15.5. The lowest BCUT2D eigenvalue weighted by molar-refractivity contribution is 0.359. The van der Waals surface area contributed by atoms with Crippen molar-refractivity contribution in [1.29, 1.82) is 0 Å². The number of nitrogens with one attached hydrogen (secondary N) is 1. The van der Waals surface area contributed by atoms with E-state index < -0.39 is 0 Å². The molecule has 0 saturated carbocycles. The molecule has 21 heavy (non-hydrogen) atoms. The molecule has 1 aromatic heterocycles.